The molecule has 5 heterocycles. The Labute approximate surface area is 279 Å². The summed E-state index contributed by atoms with van der Waals surface area (Å²) in [6.07, 6.45) is 13.4. The third kappa shape index (κ3) is 5.29. The van der Waals surface area contributed by atoms with Crippen LogP contribution in [0.25, 0.3) is 57.7 Å². The van der Waals surface area contributed by atoms with Crippen LogP contribution >= 0.6 is 0 Å². The van der Waals surface area contributed by atoms with Crippen LogP contribution in [0.2, 0.25) is 0 Å². The van der Waals surface area contributed by atoms with Gasteiger partial charge in [-0.25, -0.2) is 4.99 Å². The predicted molar refractivity (Wildman–Crippen MR) is 200 cm³/mol. The predicted octanol–water partition coefficient (Wildman–Crippen LogP) is 8.23. The lowest BCUT2D eigenvalue weighted by molar-refractivity contribution is 0.880. The average molecular weight is 617 g/mol. The normalized spacial score (nSPS) is 19.3. The molecular formula is C44H32N4. The van der Waals surface area contributed by atoms with Crippen LogP contribution in [0.5, 0.6) is 0 Å². The van der Waals surface area contributed by atoms with Crippen molar-refractivity contribution in [3.05, 3.63) is 190 Å². The van der Waals surface area contributed by atoms with E-state index in [1.54, 1.807) is 0 Å². The molecule has 48 heavy (non-hydrogen) atoms. The Morgan fingerprint density at radius 1 is 0.500 bits per heavy atom. The lowest BCUT2D eigenvalue weighted by Gasteiger charge is -2.10. The molecule has 3 N–H and O–H groups in total. The molecule has 1 unspecified atom stereocenters. The summed E-state index contributed by atoms with van der Waals surface area (Å²) in [4.78, 5) is 12.7. The zero-order valence-corrected chi connectivity index (χ0v) is 26.2. The van der Waals surface area contributed by atoms with E-state index in [0.717, 1.165) is 72.6 Å². The highest BCUT2D eigenvalue weighted by atomic mass is 15.0. The molecular weight excluding hydrogens is 585 g/mol. The highest BCUT2D eigenvalue weighted by Crippen LogP contribution is 2.34. The molecule has 4 heteroatoms. The standard InChI is InChI=1S/C44H32N4/c1-5-13-29(14-6-1)37-23-33-21-34-24-39(31-17-9-3-10-18-31)43(47-34)28-44-40(32-19-11-4-12-20-32)26-36(48-44)22-35-25-38(30-15-7-2-8-16-30)42(46-35)27-41(37)45-33/h1-28,33,45-47H/b34-21-,36-22+,41-27-,43-28?. The second-order valence-corrected chi connectivity index (χ2v) is 12.3. The molecule has 0 spiro atoms. The van der Waals surface area contributed by atoms with Crippen molar-refractivity contribution in [2.24, 2.45) is 4.99 Å². The van der Waals surface area contributed by atoms with Gasteiger partial charge in [-0.2, -0.15) is 0 Å². The number of nitrogens with one attached hydrogen (secondary N) is 3. The van der Waals surface area contributed by atoms with Crippen LogP contribution in [0.15, 0.2) is 162 Å². The van der Waals surface area contributed by atoms with Gasteiger partial charge in [0.15, 0.2) is 0 Å². The third-order valence-corrected chi connectivity index (χ3v) is 9.09. The smallest absolute Gasteiger partial charge is 0.0736 e. The molecule has 0 radical (unpaired) electrons. The Bertz CT molecular complexity index is 2440. The molecule has 1 atom stereocenters. The highest BCUT2D eigenvalue weighted by molar-refractivity contribution is 6.39. The minimum Gasteiger partial charge on any atom is -0.375 e. The Hall–Kier alpha value is -6.39. The largest absolute Gasteiger partial charge is 0.375 e. The van der Waals surface area contributed by atoms with Gasteiger partial charge >= 0.3 is 0 Å². The van der Waals surface area contributed by atoms with Gasteiger partial charge in [0.25, 0.3) is 0 Å². The number of allylic oxidation sites excluding steroid dienone is 3. The number of hydrogen-bond donors (Lipinski definition) is 3. The zero-order valence-electron chi connectivity index (χ0n) is 26.2. The Morgan fingerprint density at radius 3 is 1.77 bits per heavy atom. The van der Waals surface area contributed by atoms with Gasteiger partial charge in [-0.05, 0) is 70.8 Å². The van der Waals surface area contributed by atoms with Crippen LogP contribution in [-0.4, -0.2) is 21.7 Å². The van der Waals surface area contributed by atoms with Crippen LogP contribution < -0.4 is 16.0 Å². The molecule has 228 valence electrons. The molecule has 0 aliphatic carbocycles. The van der Waals surface area contributed by atoms with Gasteiger partial charge in [-0.3, -0.25) is 0 Å². The summed E-state index contributed by atoms with van der Waals surface area (Å²) in [5.74, 6) is 0. The molecule has 8 bridgehead atoms. The third-order valence-electron chi connectivity index (χ3n) is 9.09. The number of aromatic amines is 2. The van der Waals surface area contributed by atoms with Gasteiger partial charge in [-0.1, -0.05) is 121 Å². The maximum absolute atomic E-state index is 5.21. The molecule has 9 rings (SSSR count). The Morgan fingerprint density at radius 2 is 1.10 bits per heavy atom. The van der Waals surface area contributed by atoms with E-state index in [4.69, 9.17) is 4.99 Å². The van der Waals surface area contributed by atoms with Crippen molar-refractivity contribution in [2.45, 2.75) is 6.04 Å². The maximum Gasteiger partial charge on any atom is 0.0736 e. The van der Waals surface area contributed by atoms with Gasteiger partial charge in [-0.15, -0.1) is 0 Å². The summed E-state index contributed by atoms with van der Waals surface area (Å²) in [7, 11) is 0. The number of aromatic nitrogens is 2. The summed E-state index contributed by atoms with van der Waals surface area (Å²) in [6.45, 7) is 0. The number of hydrogen-bond acceptors (Lipinski definition) is 2. The van der Waals surface area contributed by atoms with Crippen molar-refractivity contribution in [3.63, 3.8) is 0 Å². The minimum atomic E-state index is -0.0146. The summed E-state index contributed by atoms with van der Waals surface area (Å²) < 4.78 is 0. The van der Waals surface area contributed by atoms with Gasteiger partial charge in [0, 0.05) is 50.1 Å². The number of benzene rings is 4. The Balaban J connectivity index is 1.30. The lowest BCUT2D eigenvalue weighted by Crippen LogP contribution is -2.22. The SMILES string of the molecule is C1=C(c2ccccc2)C2=N/C1=C/c1cc(-c3ccccc3)c([nH]1)/C=C1\NC(C=C1c1ccccc1)/C=c1/cc(-c3ccccc3)c([nH]1)=C2. The van der Waals surface area contributed by atoms with E-state index in [2.05, 4.69) is 185 Å². The first-order chi connectivity index (χ1) is 23.7. The van der Waals surface area contributed by atoms with Crippen LogP contribution in [0.1, 0.15) is 22.5 Å². The van der Waals surface area contributed by atoms with Crippen molar-refractivity contribution < 1.29 is 0 Å². The fourth-order valence-corrected chi connectivity index (χ4v) is 6.86. The van der Waals surface area contributed by atoms with E-state index in [0.29, 0.717) is 0 Å². The minimum absolute atomic E-state index is 0.0146. The number of H-pyrrole nitrogens is 2. The molecule has 0 saturated heterocycles. The van der Waals surface area contributed by atoms with Crippen molar-refractivity contribution >= 4 is 41.2 Å². The fraction of sp³-hybridized carbons (Fsp3) is 0.0227. The molecule has 0 fully saturated rings. The topological polar surface area (TPSA) is 56.0 Å². The van der Waals surface area contributed by atoms with E-state index >= 15 is 0 Å². The van der Waals surface area contributed by atoms with Crippen LogP contribution in [0.3, 0.4) is 0 Å². The second kappa shape index (κ2) is 11.8. The summed E-state index contributed by atoms with van der Waals surface area (Å²) in [5.41, 5.74) is 14.1. The second-order valence-electron chi connectivity index (χ2n) is 12.3. The van der Waals surface area contributed by atoms with Crippen molar-refractivity contribution in [2.75, 3.05) is 0 Å². The summed E-state index contributed by atoms with van der Waals surface area (Å²) >= 11 is 0. The fourth-order valence-electron chi connectivity index (χ4n) is 6.86. The van der Waals surface area contributed by atoms with E-state index < -0.39 is 0 Å². The molecule has 4 nitrogen and oxygen atoms in total. The first-order valence-electron chi connectivity index (χ1n) is 16.3. The number of rotatable bonds is 4. The molecule has 2 aromatic heterocycles. The monoisotopic (exact) mass is 616 g/mol. The van der Waals surface area contributed by atoms with Crippen LogP contribution in [0, 0.1) is 0 Å². The quantitative estimate of drug-likeness (QED) is 0.184. The molecule has 6 aromatic rings. The van der Waals surface area contributed by atoms with Crippen molar-refractivity contribution in [1.82, 2.24) is 15.3 Å². The maximum atomic E-state index is 5.21. The number of nitrogens with zero attached hydrogens (tertiary/aromatic N) is 1. The van der Waals surface area contributed by atoms with Crippen LogP contribution in [0.4, 0.5) is 0 Å². The van der Waals surface area contributed by atoms with Crippen LogP contribution in [-0.2, 0) is 0 Å². The number of fused-ring (bicyclic) bond motifs is 7. The first kappa shape index (κ1) is 27.9. The molecule has 3 aliphatic rings. The summed E-state index contributed by atoms with van der Waals surface area (Å²) in [6, 6.07) is 46.7. The summed E-state index contributed by atoms with van der Waals surface area (Å²) in [5, 5.41) is 5.90. The first-order valence-corrected chi connectivity index (χ1v) is 16.3. The zero-order chi connectivity index (χ0) is 31.9. The van der Waals surface area contributed by atoms with Gasteiger partial charge < -0.3 is 15.3 Å². The van der Waals surface area contributed by atoms with E-state index in [-0.39, 0.29) is 6.04 Å². The molecule has 0 saturated carbocycles. The molecule has 4 aromatic carbocycles. The average Bonchev–Trinajstić information content (AvgIpc) is 3.92. The van der Waals surface area contributed by atoms with E-state index in [1.807, 2.05) is 0 Å². The van der Waals surface area contributed by atoms with E-state index in [9.17, 15) is 0 Å². The molecule has 0 amide bonds. The van der Waals surface area contributed by atoms with E-state index in [1.165, 1.54) is 11.1 Å². The molecule has 3 aliphatic heterocycles. The highest BCUT2D eigenvalue weighted by Gasteiger charge is 2.22. The lowest BCUT2D eigenvalue weighted by atomic mass is 10.0. The van der Waals surface area contributed by atoms with Gasteiger partial charge in [0.05, 0.1) is 17.5 Å². The van der Waals surface area contributed by atoms with Crippen molar-refractivity contribution in [3.8, 4) is 22.3 Å². The van der Waals surface area contributed by atoms with Gasteiger partial charge in [0.2, 0.25) is 0 Å². The van der Waals surface area contributed by atoms with Gasteiger partial charge in [0.1, 0.15) is 0 Å². The number of aliphatic imine (C=N–C) groups is 1. The Kier molecular flexibility index (Phi) is 6.83. The van der Waals surface area contributed by atoms with Crippen molar-refractivity contribution in [1.29, 1.82) is 0 Å².